The van der Waals surface area contributed by atoms with Crippen LogP contribution >= 0.6 is 0 Å². The minimum Gasteiger partial charge on any atom is -0.480 e. The molecule has 0 radical (unpaired) electrons. The highest BCUT2D eigenvalue weighted by Gasteiger charge is 2.20. The molecule has 0 bridgehead atoms. The largest absolute Gasteiger partial charge is 0.480 e. The van der Waals surface area contributed by atoms with E-state index in [2.05, 4.69) is 43.4 Å². The summed E-state index contributed by atoms with van der Waals surface area (Å²) in [7, 11) is 0. The highest BCUT2D eigenvalue weighted by Crippen LogP contribution is 2.26. The van der Waals surface area contributed by atoms with Crippen molar-refractivity contribution in [2.75, 3.05) is 0 Å². The topological polar surface area (TPSA) is 38.3 Å². The summed E-state index contributed by atoms with van der Waals surface area (Å²) < 4.78 is 5.98. The van der Waals surface area contributed by atoms with E-state index in [1.807, 2.05) is 42.5 Å². The van der Waals surface area contributed by atoms with Crippen molar-refractivity contribution in [3.63, 3.8) is 0 Å². The van der Waals surface area contributed by atoms with Gasteiger partial charge >= 0.3 is 0 Å². The van der Waals surface area contributed by atoms with Crippen LogP contribution in [0.3, 0.4) is 0 Å². The third-order valence-electron chi connectivity index (χ3n) is 4.63. The number of carbonyl (C=O) groups excluding carboxylic acids is 1. The summed E-state index contributed by atoms with van der Waals surface area (Å²) >= 11 is 0. The van der Waals surface area contributed by atoms with Gasteiger partial charge in [0.05, 0.1) is 6.04 Å². The molecule has 3 rings (SSSR count). The highest BCUT2D eigenvalue weighted by atomic mass is 16.5. The zero-order valence-corrected chi connectivity index (χ0v) is 15.5. The normalized spacial score (nSPS) is 13.2. The number of aryl methyl sites for hydroxylation is 1. The fourth-order valence-electron chi connectivity index (χ4n) is 3.05. The molecule has 3 nitrogen and oxygen atoms in total. The first-order valence-electron chi connectivity index (χ1n) is 9.10. The second kappa shape index (κ2) is 8.05. The third kappa shape index (κ3) is 4.05. The molecule has 0 aliphatic rings. The van der Waals surface area contributed by atoms with Gasteiger partial charge in [0.2, 0.25) is 0 Å². The molecule has 0 spiro atoms. The summed E-state index contributed by atoms with van der Waals surface area (Å²) in [5.41, 5.74) is 2.33. The zero-order chi connectivity index (χ0) is 18.5. The molecule has 2 atom stereocenters. The van der Waals surface area contributed by atoms with Crippen molar-refractivity contribution in [3.8, 4) is 5.75 Å². The van der Waals surface area contributed by atoms with Gasteiger partial charge in [0, 0.05) is 5.39 Å². The summed E-state index contributed by atoms with van der Waals surface area (Å²) in [5, 5.41) is 5.22. The molecule has 0 aliphatic carbocycles. The summed E-state index contributed by atoms with van der Waals surface area (Å²) in [5.74, 6) is 0.625. The number of hydrogen-bond donors (Lipinski definition) is 1. The Morgan fingerprint density at radius 2 is 1.69 bits per heavy atom. The van der Waals surface area contributed by atoms with Crippen LogP contribution in [0.5, 0.6) is 5.75 Å². The third-order valence-corrected chi connectivity index (χ3v) is 4.63. The second-order valence-corrected chi connectivity index (χ2v) is 6.62. The molecule has 0 fully saturated rings. The maximum Gasteiger partial charge on any atom is 0.261 e. The SMILES string of the molecule is CC[C@@H](NC(=O)[C@@H](C)Oc1cccc2ccccc12)c1ccc(C)cc1. The molecule has 0 saturated carbocycles. The Hall–Kier alpha value is -2.81. The Kier molecular flexibility index (Phi) is 5.57. The van der Waals surface area contributed by atoms with Crippen LogP contribution in [0, 0.1) is 6.92 Å². The smallest absolute Gasteiger partial charge is 0.261 e. The number of hydrogen-bond acceptors (Lipinski definition) is 2. The standard InChI is InChI=1S/C23H25NO2/c1-4-21(19-14-12-16(2)13-15-19)24-23(25)17(3)26-22-11-7-9-18-8-5-6-10-20(18)22/h5-15,17,21H,4H2,1-3H3,(H,24,25)/t17-,21-/m1/s1. The lowest BCUT2D eigenvalue weighted by molar-refractivity contribution is -0.128. The highest BCUT2D eigenvalue weighted by molar-refractivity contribution is 5.89. The molecule has 3 heteroatoms. The van der Waals surface area contributed by atoms with Crippen molar-refractivity contribution in [3.05, 3.63) is 77.9 Å². The minimum atomic E-state index is -0.569. The van der Waals surface area contributed by atoms with Crippen LogP contribution in [-0.4, -0.2) is 12.0 Å². The number of nitrogens with one attached hydrogen (secondary N) is 1. The maximum atomic E-state index is 12.7. The van der Waals surface area contributed by atoms with E-state index in [0.717, 1.165) is 28.5 Å². The van der Waals surface area contributed by atoms with E-state index < -0.39 is 6.10 Å². The molecule has 0 unspecified atom stereocenters. The van der Waals surface area contributed by atoms with Crippen molar-refractivity contribution in [2.24, 2.45) is 0 Å². The zero-order valence-electron chi connectivity index (χ0n) is 15.5. The monoisotopic (exact) mass is 347 g/mol. The number of amides is 1. The van der Waals surface area contributed by atoms with Gasteiger partial charge in [-0.1, -0.05) is 73.2 Å². The van der Waals surface area contributed by atoms with Gasteiger partial charge in [-0.2, -0.15) is 0 Å². The lowest BCUT2D eigenvalue weighted by Crippen LogP contribution is -2.38. The number of rotatable bonds is 6. The molecule has 0 heterocycles. The summed E-state index contributed by atoms with van der Waals surface area (Å²) in [6.45, 7) is 5.92. The first kappa shape index (κ1) is 18.0. The van der Waals surface area contributed by atoms with Crippen LogP contribution in [0.15, 0.2) is 66.7 Å². The van der Waals surface area contributed by atoms with Crippen LogP contribution in [0.25, 0.3) is 10.8 Å². The first-order valence-corrected chi connectivity index (χ1v) is 9.10. The molecule has 3 aromatic rings. The van der Waals surface area contributed by atoms with E-state index in [1.54, 1.807) is 6.92 Å². The molecule has 1 amide bonds. The number of benzene rings is 3. The van der Waals surface area contributed by atoms with E-state index in [4.69, 9.17) is 4.74 Å². The predicted molar refractivity (Wildman–Crippen MR) is 106 cm³/mol. The van der Waals surface area contributed by atoms with Crippen LogP contribution in [0.4, 0.5) is 0 Å². The first-order chi connectivity index (χ1) is 12.6. The summed E-state index contributed by atoms with van der Waals surface area (Å²) in [6, 6.07) is 22.2. The van der Waals surface area contributed by atoms with Crippen molar-refractivity contribution in [1.82, 2.24) is 5.32 Å². The van der Waals surface area contributed by atoms with Crippen molar-refractivity contribution < 1.29 is 9.53 Å². The van der Waals surface area contributed by atoms with Gasteiger partial charge in [-0.15, -0.1) is 0 Å². The van der Waals surface area contributed by atoms with E-state index in [-0.39, 0.29) is 11.9 Å². The Bertz CT molecular complexity index is 881. The molecular weight excluding hydrogens is 322 g/mol. The molecule has 1 N–H and O–H groups in total. The molecule has 3 aromatic carbocycles. The minimum absolute atomic E-state index is 0.0123. The van der Waals surface area contributed by atoms with E-state index in [1.165, 1.54) is 5.56 Å². The van der Waals surface area contributed by atoms with Crippen LogP contribution in [0.2, 0.25) is 0 Å². The number of fused-ring (bicyclic) bond motifs is 1. The van der Waals surface area contributed by atoms with Gasteiger partial charge in [0.15, 0.2) is 6.10 Å². The predicted octanol–water partition coefficient (Wildman–Crippen LogP) is 5.18. The Morgan fingerprint density at radius 1 is 1.00 bits per heavy atom. The van der Waals surface area contributed by atoms with Crippen LogP contribution < -0.4 is 10.1 Å². The Labute approximate surface area is 155 Å². The van der Waals surface area contributed by atoms with Gasteiger partial charge in [-0.25, -0.2) is 0 Å². The van der Waals surface area contributed by atoms with Crippen molar-refractivity contribution in [2.45, 2.75) is 39.3 Å². The molecular formula is C23H25NO2. The molecule has 134 valence electrons. The van der Waals surface area contributed by atoms with Gasteiger partial charge in [-0.3, -0.25) is 4.79 Å². The Balaban J connectivity index is 1.71. The average molecular weight is 347 g/mol. The van der Waals surface area contributed by atoms with E-state index in [9.17, 15) is 4.79 Å². The quantitative estimate of drug-likeness (QED) is 0.667. The maximum absolute atomic E-state index is 12.7. The number of carbonyl (C=O) groups is 1. The lowest BCUT2D eigenvalue weighted by Gasteiger charge is -2.21. The average Bonchev–Trinajstić information content (AvgIpc) is 2.67. The summed E-state index contributed by atoms with van der Waals surface area (Å²) in [4.78, 5) is 12.7. The Morgan fingerprint density at radius 3 is 2.42 bits per heavy atom. The van der Waals surface area contributed by atoms with Gasteiger partial charge in [0.1, 0.15) is 5.75 Å². The summed E-state index contributed by atoms with van der Waals surface area (Å²) in [6.07, 6.45) is 0.260. The molecule has 0 saturated heterocycles. The van der Waals surface area contributed by atoms with Crippen LogP contribution in [0.1, 0.15) is 37.4 Å². The van der Waals surface area contributed by atoms with Gasteiger partial charge in [-0.05, 0) is 37.3 Å². The number of ether oxygens (including phenoxy) is 1. The fraction of sp³-hybridized carbons (Fsp3) is 0.261. The molecule has 0 aliphatic heterocycles. The fourth-order valence-corrected chi connectivity index (χ4v) is 3.05. The van der Waals surface area contributed by atoms with Crippen LogP contribution in [-0.2, 0) is 4.79 Å². The van der Waals surface area contributed by atoms with E-state index >= 15 is 0 Å². The van der Waals surface area contributed by atoms with Crippen molar-refractivity contribution >= 4 is 16.7 Å². The second-order valence-electron chi connectivity index (χ2n) is 6.62. The lowest BCUT2D eigenvalue weighted by atomic mass is 10.0. The van der Waals surface area contributed by atoms with E-state index in [0.29, 0.717) is 0 Å². The molecule has 0 aromatic heterocycles. The molecule has 26 heavy (non-hydrogen) atoms. The van der Waals surface area contributed by atoms with Crippen molar-refractivity contribution in [1.29, 1.82) is 0 Å². The van der Waals surface area contributed by atoms with Gasteiger partial charge in [0.25, 0.3) is 5.91 Å². The van der Waals surface area contributed by atoms with Gasteiger partial charge < -0.3 is 10.1 Å².